The number of benzene rings is 1. The molecular weight excluding hydrogens is 351 g/mol. The van der Waals surface area contributed by atoms with Crippen LogP contribution in [-0.2, 0) is 15.0 Å². The topological polar surface area (TPSA) is 66.8 Å². The van der Waals surface area contributed by atoms with Gasteiger partial charge in [-0.3, -0.25) is 9.59 Å². The highest BCUT2D eigenvalue weighted by atomic mass is 19.4. The Bertz CT molecular complexity index is 765. The molecule has 1 aromatic rings. The minimum absolute atomic E-state index is 0.375. The summed E-state index contributed by atoms with van der Waals surface area (Å²) >= 11 is 0. The number of ether oxygens (including phenoxy) is 1. The van der Waals surface area contributed by atoms with Crippen LogP contribution in [0.4, 0.5) is 13.2 Å². The first-order chi connectivity index (χ1) is 12.2. The van der Waals surface area contributed by atoms with Gasteiger partial charge in [0.05, 0.1) is 18.4 Å². The highest BCUT2D eigenvalue weighted by molar-refractivity contribution is 5.86. The maximum absolute atomic E-state index is 13.2. The van der Waals surface area contributed by atoms with Crippen LogP contribution in [-0.4, -0.2) is 47.8 Å². The van der Waals surface area contributed by atoms with Crippen molar-refractivity contribution in [3.8, 4) is 5.75 Å². The summed E-state index contributed by atoms with van der Waals surface area (Å²) in [7, 11) is 0. The number of amides is 1. The van der Waals surface area contributed by atoms with Crippen molar-refractivity contribution in [1.82, 2.24) is 4.90 Å². The maximum atomic E-state index is 13.2. The smallest absolute Gasteiger partial charge is 0.394 e. The Kier molecular flexibility index (Phi) is 3.71. The summed E-state index contributed by atoms with van der Waals surface area (Å²) < 4.78 is 45.1. The summed E-state index contributed by atoms with van der Waals surface area (Å²) in [5, 5.41) is 9.12. The van der Waals surface area contributed by atoms with Gasteiger partial charge in [0.25, 0.3) is 0 Å². The van der Waals surface area contributed by atoms with Crippen LogP contribution in [0.2, 0.25) is 0 Å². The molecule has 26 heavy (non-hydrogen) atoms. The van der Waals surface area contributed by atoms with Gasteiger partial charge in [-0.1, -0.05) is 18.2 Å². The lowest BCUT2D eigenvalue weighted by Crippen LogP contribution is -2.35. The number of alkyl halides is 3. The zero-order chi connectivity index (χ0) is 18.7. The van der Waals surface area contributed by atoms with Crippen molar-refractivity contribution in [2.45, 2.75) is 24.4 Å². The quantitative estimate of drug-likeness (QED) is 0.870. The Morgan fingerprint density at radius 1 is 1.23 bits per heavy atom. The first-order valence-corrected chi connectivity index (χ1v) is 8.54. The summed E-state index contributed by atoms with van der Waals surface area (Å²) in [5.41, 5.74) is 0.534. The molecule has 0 unspecified atom stereocenters. The molecule has 4 rings (SSSR count). The lowest BCUT2D eigenvalue weighted by molar-refractivity contribution is -0.188. The van der Waals surface area contributed by atoms with Gasteiger partial charge in [-0.25, -0.2) is 0 Å². The summed E-state index contributed by atoms with van der Waals surface area (Å²) in [6, 6.07) is 7.41. The van der Waals surface area contributed by atoms with Crippen LogP contribution in [0.25, 0.3) is 0 Å². The second-order valence-electron chi connectivity index (χ2n) is 7.34. The van der Waals surface area contributed by atoms with E-state index in [-0.39, 0.29) is 17.9 Å². The number of rotatable bonds is 2. The van der Waals surface area contributed by atoms with E-state index in [1.54, 1.807) is 0 Å². The summed E-state index contributed by atoms with van der Waals surface area (Å²) in [6.45, 7) is -0.503. The van der Waals surface area contributed by atoms with E-state index in [1.165, 1.54) is 0 Å². The van der Waals surface area contributed by atoms with Gasteiger partial charge in [-0.05, 0) is 18.9 Å². The molecule has 1 N–H and O–H groups in total. The van der Waals surface area contributed by atoms with Crippen molar-refractivity contribution in [1.29, 1.82) is 0 Å². The predicted octanol–water partition coefficient (Wildman–Crippen LogP) is 2.45. The number of halogens is 3. The number of nitrogens with zero attached hydrogens (tertiary/aromatic N) is 1. The molecule has 2 heterocycles. The lowest BCUT2D eigenvalue weighted by atomic mass is 9.87. The molecule has 1 spiro atoms. The number of aliphatic carboxylic acids is 1. The molecule has 1 aromatic carbocycles. The van der Waals surface area contributed by atoms with Gasteiger partial charge in [0.15, 0.2) is 0 Å². The van der Waals surface area contributed by atoms with Gasteiger partial charge in [0.1, 0.15) is 5.75 Å². The Morgan fingerprint density at radius 3 is 2.62 bits per heavy atom. The van der Waals surface area contributed by atoms with Crippen LogP contribution in [0.5, 0.6) is 5.75 Å². The molecule has 1 saturated heterocycles. The van der Waals surface area contributed by atoms with E-state index in [4.69, 9.17) is 9.84 Å². The maximum Gasteiger partial charge on any atom is 0.394 e. The van der Waals surface area contributed by atoms with E-state index in [0.717, 1.165) is 10.5 Å². The van der Waals surface area contributed by atoms with Gasteiger partial charge in [-0.2, -0.15) is 13.2 Å². The molecule has 1 amide bonds. The Labute approximate surface area is 147 Å². The molecule has 140 valence electrons. The van der Waals surface area contributed by atoms with Gasteiger partial charge in [0, 0.05) is 30.0 Å². The third-order valence-corrected chi connectivity index (χ3v) is 5.97. The predicted molar refractivity (Wildman–Crippen MR) is 83.6 cm³/mol. The number of carbonyl (C=O) groups excluding carboxylic acids is 1. The van der Waals surface area contributed by atoms with Crippen molar-refractivity contribution in [2.75, 3.05) is 19.7 Å². The lowest BCUT2D eigenvalue weighted by Gasteiger charge is -2.27. The first-order valence-electron chi connectivity index (χ1n) is 8.54. The molecule has 3 aliphatic rings. The molecule has 8 heteroatoms. The Balaban J connectivity index is 1.55. The largest absolute Gasteiger partial charge is 0.493 e. The monoisotopic (exact) mass is 369 g/mol. The molecule has 4 atom stereocenters. The molecular formula is C18H18F3NO4. The minimum Gasteiger partial charge on any atom is -0.493 e. The summed E-state index contributed by atoms with van der Waals surface area (Å²) in [4.78, 5) is 25.2. The normalized spacial score (nSPS) is 32.9. The standard InChI is InChI=1S/C18H18F3NO4/c19-18(20,21)13-9-22(8-10(13)16(24)25)15(23)12-7-17(12)5-6-26-14-4-2-1-3-11(14)17/h1-4,10,12-13H,5-9H2,(H,24,25)/t10-,12+,13-,17+/m1/s1. The molecule has 1 saturated carbocycles. The number of carboxylic acid groups (broad SMARTS) is 1. The van der Waals surface area contributed by atoms with Crippen molar-refractivity contribution < 1.29 is 32.6 Å². The van der Waals surface area contributed by atoms with Crippen LogP contribution < -0.4 is 4.74 Å². The summed E-state index contributed by atoms with van der Waals surface area (Å²) in [5.74, 6) is -5.19. The first kappa shape index (κ1) is 17.2. The fourth-order valence-electron chi connectivity index (χ4n) is 4.47. The van der Waals surface area contributed by atoms with Crippen LogP contribution in [0.3, 0.4) is 0 Å². The molecule has 0 bridgehead atoms. The van der Waals surface area contributed by atoms with Gasteiger partial charge in [-0.15, -0.1) is 0 Å². The minimum atomic E-state index is -4.63. The fraction of sp³-hybridized carbons (Fsp3) is 0.556. The van der Waals surface area contributed by atoms with E-state index in [9.17, 15) is 22.8 Å². The van der Waals surface area contributed by atoms with Crippen molar-refractivity contribution in [2.24, 2.45) is 17.8 Å². The van der Waals surface area contributed by atoms with Crippen molar-refractivity contribution in [3.05, 3.63) is 29.8 Å². The van der Waals surface area contributed by atoms with E-state index in [0.29, 0.717) is 25.2 Å². The third-order valence-electron chi connectivity index (χ3n) is 5.97. The second kappa shape index (κ2) is 5.62. The van der Waals surface area contributed by atoms with E-state index in [2.05, 4.69) is 0 Å². The SMILES string of the molecule is O=C(O)[C@@H]1CN(C(=O)[C@@H]2C[C@]23CCOc2ccccc23)C[C@H]1C(F)(F)F. The highest BCUT2D eigenvalue weighted by Gasteiger charge is 2.63. The van der Waals surface area contributed by atoms with Crippen molar-refractivity contribution in [3.63, 3.8) is 0 Å². The van der Waals surface area contributed by atoms with E-state index < -0.39 is 36.4 Å². The van der Waals surface area contributed by atoms with Crippen LogP contribution in [0.1, 0.15) is 18.4 Å². The number of carbonyl (C=O) groups is 2. The third kappa shape index (κ3) is 2.54. The number of hydrogen-bond donors (Lipinski definition) is 1. The van der Waals surface area contributed by atoms with Crippen LogP contribution >= 0.6 is 0 Å². The fourth-order valence-corrected chi connectivity index (χ4v) is 4.47. The average Bonchev–Trinajstić information content (AvgIpc) is 3.09. The summed E-state index contributed by atoms with van der Waals surface area (Å²) in [6.07, 6.45) is -3.43. The Morgan fingerprint density at radius 2 is 1.96 bits per heavy atom. The average molecular weight is 369 g/mol. The molecule has 1 aliphatic carbocycles. The molecule has 5 nitrogen and oxygen atoms in total. The second-order valence-corrected chi connectivity index (χ2v) is 7.34. The molecule has 0 radical (unpaired) electrons. The number of fused-ring (bicyclic) bond motifs is 2. The molecule has 2 aliphatic heterocycles. The number of carboxylic acids is 1. The zero-order valence-corrected chi connectivity index (χ0v) is 13.8. The number of hydrogen-bond acceptors (Lipinski definition) is 3. The number of likely N-dealkylation sites (tertiary alicyclic amines) is 1. The molecule has 2 fully saturated rings. The van der Waals surface area contributed by atoms with Crippen molar-refractivity contribution >= 4 is 11.9 Å². The van der Waals surface area contributed by atoms with Gasteiger partial charge in [0.2, 0.25) is 5.91 Å². The number of para-hydroxylation sites is 1. The van der Waals surface area contributed by atoms with Crippen LogP contribution in [0, 0.1) is 17.8 Å². The van der Waals surface area contributed by atoms with E-state index >= 15 is 0 Å². The van der Waals surface area contributed by atoms with Crippen LogP contribution in [0.15, 0.2) is 24.3 Å². The van der Waals surface area contributed by atoms with Gasteiger partial charge < -0.3 is 14.7 Å². The zero-order valence-electron chi connectivity index (χ0n) is 13.8. The highest BCUT2D eigenvalue weighted by Crippen LogP contribution is 2.61. The Hall–Kier alpha value is -2.25. The molecule has 0 aromatic heterocycles. The van der Waals surface area contributed by atoms with E-state index in [1.807, 2.05) is 24.3 Å². The van der Waals surface area contributed by atoms with Gasteiger partial charge >= 0.3 is 12.1 Å².